The van der Waals surface area contributed by atoms with Crippen molar-refractivity contribution in [1.82, 2.24) is 0 Å². The summed E-state index contributed by atoms with van der Waals surface area (Å²) in [6, 6.07) is 21.2. The molecule has 22 heavy (non-hydrogen) atoms. The van der Waals surface area contributed by atoms with Crippen LogP contribution in [0, 0.1) is 5.41 Å². The first-order valence-corrected chi connectivity index (χ1v) is 9.51. The lowest BCUT2D eigenvalue weighted by Gasteiger charge is -2.23. The Hall–Kier alpha value is -1.64. The molecule has 0 aliphatic rings. The summed E-state index contributed by atoms with van der Waals surface area (Å²) in [6.07, 6.45) is 0.923. The first-order chi connectivity index (χ1) is 10.5. The Bertz CT molecular complexity index is 545. The van der Waals surface area contributed by atoms with Crippen molar-refractivity contribution in [2.75, 3.05) is 6.61 Å². The highest BCUT2D eigenvalue weighted by atomic mass is 28.3. The molecule has 0 radical (unpaired) electrons. The van der Waals surface area contributed by atoms with E-state index in [0.29, 0.717) is 0 Å². The molecular weight excluding hydrogens is 284 g/mol. The average Bonchev–Trinajstić information content (AvgIpc) is 2.52. The highest BCUT2D eigenvalue weighted by Crippen LogP contribution is 2.25. The van der Waals surface area contributed by atoms with Gasteiger partial charge in [-0.15, -0.1) is 0 Å². The van der Waals surface area contributed by atoms with Gasteiger partial charge in [0, 0.05) is 6.61 Å². The molecule has 0 amide bonds. The summed E-state index contributed by atoms with van der Waals surface area (Å²) in [4.78, 5) is 0. The Labute approximate surface area is 136 Å². The molecule has 2 rings (SSSR count). The van der Waals surface area contributed by atoms with Gasteiger partial charge in [0.1, 0.15) is 0 Å². The van der Waals surface area contributed by atoms with Crippen LogP contribution in [0.2, 0.25) is 0 Å². The van der Waals surface area contributed by atoms with Gasteiger partial charge in [-0.2, -0.15) is 0 Å². The van der Waals surface area contributed by atoms with E-state index in [1.165, 1.54) is 15.9 Å². The van der Waals surface area contributed by atoms with Crippen LogP contribution in [0.15, 0.2) is 72.8 Å². The van der Waals surface area contributed by atoms with E-state index >= 15 is 0 Å². The maximum Gasteiger partial charge on any atom is 0.239 e. The summed E-state index contributed by atoms with van der Waals surface area (Å²) in [7, 11) is -1.60. The van der Waals surface area contributed by atoms with Gasteiger partial charge in [0.2, 0.25) is 9.04 Å². The molecular formula is C20H26OSi. The summed E-state index contributed by atoms with van der Waals surface area (Å²) < 4.78 is 6.36. The number of hydrogen-bond acceptors (Lipinski definition) is 1. The van der Waals surface area contributed by atoms with Crippen LogP contribution in [-0.2, 0) is 4.43 Å². The first-order valence-electron chi connectivity index (χ1n) is 7.88. The third-order valence-corrected chi connectivity index (χ3v) is 6.50. The predicted molar refractivity (Wildman–Crippen MR) is 98.5 cm³/mol. The Morgan fingerprint density at radius 3 is 1.77 bits per heavy atom. The zero-order valence-corrected chi connectivity index (χ0v) is 15.0. The van der Waals surface area contributed by atoms with Crippen LogP contribution in [-0.4, -0.2) is 15.6 Å². The van der Waals surface area contributed by atoms with Crippen LogP contribution in [0.4, 0.5) is 0 Å². The fraction of sp³-hybridized carbons (Fsp3) is 0.300. The molecule has 2 heteroatoms. The maximum absolute atomic E-state index is 6.36. The molecule has 0 N–H and O–H groups in total. The van der Waals surface area contributed by atoms with Crippen LogP contribution < -0.4 is 10.4 Å². The van der Waals surface area contributed by atoms with Crippen molar-refractivity contribution >= 4 is 19.4 Å². The zero-order valence-electron chi connectivity index (χ0n) is 13.9. The summed E-state index contributed by atoms with van der Waals surface area (Å²) in [5.74, 6) is 0. The Kier molecular flexibility index (Phi) is 5.75. The van der Waals surface area contributed by atoms with Crippen LogP contribution in [0.25, 0.3) is 0 Å². The molecule has 0 saturated carbocycles. The fourth-order valence-electron chi connectivity index (χ4n) is 2.32. The zero-order chi connectivity index (χ0) is 16.0. The molecule has 0 saturated heterocycles. The predicted octanol–water partition coefficient (Wildman–Crippen LogP) is 3.53. The van der Waals surface area contributed by atoms with E-state index in [1.54, 1.807) is 0 Å². The van der Waals surface area contributed by atoms with Crippen molar-refractivity contribution < 1.29 is 4.43 Å². The van der Waals surface area contributed by atoms with E-state index in [2.05, 4.69) is 88.0 Å². The molecule has 0 heterocycles. The average molecular weight is 311 g/mol. The molecule has 0 spiro atoms. The number of hydrogen-bond donors (Lipinski definition) is 0. The molecule has 0 aromatic heterocycles. The monoisotopic (exact) mass is 310 g/mol. The van der Waals surface area contributed by atoms with Gasteiger partial charge in [0.25, 0.3) is 0 Å². The minimum Gasteiger partial charge on any atom is -0.411 e. The normalized spacial score (nSPS) is 11.6. The van der Waals surface area contributed by atoms with Crippen LogP contribution in [0.1, 0.15) is 27.2 Å². The van der Waals surface area contributed by atoms with Gasteiger partial charge >= 0.3 is 0 Å². The summed E-state index contributed by atoms with van der Waals surface area (Å²) in [5, 5.41) is 2.66. The highest BCUT2D eigenvalue weighted by molar-refractivity contribution is 6.80. The van der Waals surface area contributed by atoms with E-state index < -0.39 is 9.04 Å². The third-order valence-electron chi connectivity index (χ3n) is 3.95. The minimum absolute atomic E-state index is 0.153. The Morgan fingerprint density at radius 1 is 0.909 bits per heavy atom. The quantitative estimate of drug-likeness (QED) is 0.586. The second-order valence-corrected chi connectivity index (χ2v) is 9.10. The molecule has 0 unspecified atom stereocenters. The molecule has 0 atom stereocenters. The van der Waals surface area contributed by atoms with Gasteiger partial charge in [0.15, 0.2) is 0 Å². The Morgan fingerprint density at radius 2 is 1.36 bits per heavy atom. The summed E-state index contributed by atoms with van der Waals surface area (Å²) in [6.45, 7) is 11.6. The van der Waals surface area contributed by atoms with Gasteiger partial charge in [-0.1, -0.05) is 93.6 Å². The van der Waals surface area contributed by atoms with Gasteiger partial charge in [-0.05, 0) is 22.2 Å². The van der Waals surface area contributed by atoms with E-state index in [9.17, 15) is 0 Å². The molecule has 0 aliphatic heterocycles. The molecule has 0 fully saturated rings. The largest absolute Gasteiger partial charge is 0.411 e. The second-order valence-electron chi connectivity index (χ2n) is 6.68. The summed E-state index contributed by atoms with van der Waals surface area (Å²) in [5.41, 5.74) is 1.40. The third kappa shape index (κ3) is 4.69. The molecule has 1 nitrogen and oxygen atoms in total. The van der Waals surface area contributed by atoms with Gasteiger partial charge < -0.3 is 4.43 Å². The lowest BCUT2D eigenvalue weighted by atomic mass is 9.86. The number of benzene rings is 2. The van der Waals surface area contributed by atoms with Crippen molar-refractivity contribution in [3.05, 3.63) is 72.8 Å². The highest BCUT2D eigenvalue weighted by Gasteiger charge is 2.19. The second kappa shape index (κ2) is 7.57. The SMILES string of the molecule is C=C(CCO[SiH](c1ccccc1)c1ccccc1)C(C)(C)C. The first kappa shape index (κ1) is 16.7. The maximum atomic E-state index is 6.36. The Balaban J connectivity index is 2.09. The standard InChI is InChI=1S/C20H26OSi/c1-17(20(2,3)4)15-16-21-22(18-11-7-5-8-12-18)19-13-9-6-10-14-19/h5-14,22H,1,15-16H2,2-4H3. The smallest absolute Gasteiger partial charge is 0.239 e. The van der Waals surface area contributed by atoms with Crippen LogP contribution >= 0.6 is 0 Å². The van der Waals surface area contributed by atoms with E-state index in [4.69, 9.17) is 4.43 Å². The molecule has 0 bridgehead atoms. The van der Waals surface area contributed by atoms with E-state index in [-0.39, 0.29) is 5.41 Å². The van der Waals surface area contributed by atoms with Crippen molar-refractivity contribution in [2.24, 2.45) is 5.41 Å². The van der Waals surface area contributed by atoms with Crippen LogP contribution in [0.3, 0.4) is 0 Å². The van der Waals surface area contributed by atoms with Gasteiger partial charge in [-0.3, -0.25) is 0 Å². The number of rotatable bonds is 6. The topological polar surface area (TPSA) is 9.23 Å². The summed E-state index contributed by atoms with van der Waals surface area (Å²) >= 11 is 0. The van der Waals surface area contributed by atoms with Crippen molar-refractivity contribution in [3.8, 4) is 0 Å². The lowest BCUT2D eigenvalue weighted by molar-refractivity contribution is 0.322. The lowest BCUT2D eigenvalue weighted by Crippen LogP contribution is -2.45. The van der Waals surface area contributed by atoms with Gasteiger partial charge in [-0.25, -0.2) is 0 Å². The van der Waals surface area contributed by atoms with Gasteiger partial charge in [0.05, 0.1) is 0 Å². The molecule has 116 valence electrons. The van der Waals surface area contributed by atoms with Crippen molar-refractivity contribution in [3.63, 3.8) is 0 Å². The molecule has 2 aromatic rings. The van der Waals surface area contributed by atoms with Crippen molar-refractivity contribution in [2.45, 2.75) is 27.2 Å². The minimum atomic E-state index is -1.60. The fourth-order valence-corrected chi connectivity index (χ4v) is 4.58. The van der Waals surface area contributed by atoms with E-state index in [1.807, 2.05) is 0 Å². The van der Waals surface area contributed by atoms with E-state index in [0.717, 1.165) is 13.0 Å². The van der Waals surface area contributed by atoms with Crippen LogP contribution in [0.5, 0.6) is 0 Å². The molecule has 2 aromatic carbocycles. The molecule has 0 aliphatic carbocycles. The van der Waals surface area contributed by atoms with Crippen molar-refractivity contribution in [1.29, 1.82) is 0 Å².